The van der Waals surface area contributed by atoms with Crippen molar-refractivity contribution in [2.45, 2.75) is 13.0 Å². The number of pyridine rings is 1. The summed E-state index contributed by atoms with van der Waals surface area (Å²) < 4.78 is 7.40. The van der Waals surface area contributed by atoms with Crippen LogP contribution in [0.4, 0.5) is 0 Å². The lowest BCUT2D eigenvalue weighted by Gasteiger charge is -2.20. The van der Waals surface area contributed by atoms with Crippen molar-refractivity contribution in [3.8, 4) is 11.3 Å². The van der Waals surface area contributed by atoms with Gasteiger partial charge in [-0.3, -0.25) is 9.88 Å². The van der Waals surface area contributed by atoms with Gasteiger partial charge in [0, 0.05) is 31.4 Å². The fourth-order valence-electron chi connectivity index (χ4n) is 3.79. The SMILES string of the molecule is O=c1[nH]c2ccc(-c3nc4ccccn4c3CN3CCCNCC3)cc2o1. The summed E-state index contributed by atoms with van der Waals surface area (Å²) in [5.74, 6) is -0.436. The van der Waals surface area contributed by atoms with Crippen LogP contribution in [-0.4, -0.2) is 45.4 Å². The largest absolute Gasteiger partial charge is 0.417 e. The fraction of sp³-hybridized carbons (Fsp3) is 0.300. The second-order valence-electron chi connectivity index (χ2n) is 6.94. The van der Waals surface area contributed by atoms with Crippen LogP contribution >= 0.6 is 0 Å². The summed E-state index contributed by atoms with van der Waals surface area (Å²) in [6.45, 7) is 4.99. The maximum atomic E-state index is 11.5. The molecule has 0 amide bonds. The van der Waals surface area contributed by atoms with Crippen molar-refractivity contribution in [1.82, 2.24) is 24.6 Å². The van der Waals surface area contributed by atoms with E-state index in [1.165, 1.54) is 0 Å². The van der Waals surface area contributed by atoms with Gasteiger partial charge in [-0.1, -0.05) is 12.1 Å². The number of oxazole rings is 1. The number of aromatic amines is 1. The second kappa shape index (κ2) is 6.68. The van der Waals surface area contributed by atoms with Gasteiger partial charge in [-0.25, -0.2) is 9.78 Å². The minimum Gasteiger partial charge on any atom is -0.408 e. The van der Waals surface area contributed by atoms with Gasteiger partial charge >= 0.3 is 5.76 Å². The Labute approximate surface area is 155 Å². The molecule has 7 nitrogen and oxygen atoms in total. The number of aromatic nitrogens is 3. The van der Waals surface area contributed by atoms with Crippen molar-refractivity contribution in [2.75, 3.05) is 26.2 Å². The number of benzene rings is 1. The van der Waals surface area contributed by atoms with Crippen LogP contribution in [0.15, 0.2) is 51.8 Å². The third kappa shape index (κ3) is 3.05. The fourth-order valence-corrected chi connectivity index (χ4v) is 3.79. The molecule has 5 rings (SSSR count). The van der Waals surface area contributed by atoms with Gasteiger partial charge in [0.25, 0.3) is 0 Å². The molecule has 4 aromatic rings. The van der Waals surface area contributed by atoms with Crippen molar-refractivity contribution in [3.63, 3.8) is 0 Å². The van der Waals surface area contributed by atoms with E-state index in [0.29, 0.717) is 11.1 Å². The average molecular weight is 363 g/mol. The molecule has 0 saturated carbocycles. The van der Waals surface area contributed by atoms with E-state index in [0.717, 1.165) is 61.7 Å². The topological polar surface area (TPSA) is 78.6 Å². The van der Waals surface area contributed by atoms with Crippen LogP contribution in [0.25, 0.3) is 28.0 Å². The van der Waals surface area contributed by atoms with E-state index >= 15 is 0 Å². The van der Waals surface area contributed by atoms with Crippen molar-refractivity contribution < 1.29 is 4.42 Å². The predicted molar refractivity (Wildman–Crippen MR) is 104 cm³/mol. The lowest BCUT2D eigenvalue weighted by molar-refractivity contribution is 0.281. The Morgan fingerprint density at radius 2 is 2.11 bits per heavy atom. The molecule has 2 N–H and O–H groups in total. The van der Waals surface area contributed by atoms with Crippen LogP contribution in [0.1, 0.15) is 12.1 Å². The predicted octanol–water partition coefficient (Wildman–Crippen LogP) is 2.23. The molecule has 4 heterocycles. The van der Waals surface area contributed by atoms with Crippen LogP contribution < -0.4 is 11.1 Å². The lowest BCUT2D eigenvalue weighted by atomic mass is 10.1. The van der Waals surface area contributed by atoms with Crippen molar-refractivity contribution >= 4 is 16.7 Å². The Bertz CT molecular complexity index is 1150. The van der Waals surface area contributed by atoms with E-state index in [4.69, 9.17) is 9.40 Å². The molecule has 138 valence electrons. The average Bonchev–Trinajstić information content (AvgIpc) is 3.11. The molecule has 0 atom stereocenters. The zero-order valence-corrected chi connectivity index (χ0v) is 14.9. The van der Waals surface area contributed by atoms with Crippen LogP contribution in [0.2, 0.25) is 0 Å². The summed E-state index contributed by atoms with van der Waals surface area (Å²) in [5.41, 5.74) is 5.23. The number of nitrogens with one attached hydrogen (secondary N) is 2. The molecule has 0 aliphatic carbocycles. The van der Waals surface area contributed by atoms with E-state index in [1.807, 2.05) is 36.4 Å². The van der Waals surface area contributed by atoms with E-state index in [2.05, 4.69) is 25.8 Å². The summed E-state index contributed by atoms with van der Waals surface area (Å²) in [6.07, 6.45) is 3.21. The van der Waals surface area contributed by atoms with Gasteiger partial charge in [-0.2, -0.15) is 0 Å². The first kappa shape index (κ1) is 16.3. The number of H-pyrrole nitrogens is 1. The molecule has 1 aliphatic rings. The van der Waals surface area contributed by atoms with Gasteiger partial charge in [-0.15, -0.1) is 0 Å². The first-order valence-electron chi connectivity index (χ1n) is 9.30. The summed E-state index contributed by atoms with van der Waals surface area (Å²) in [4.78, 5) is 21.5. The second-order valence-corrected chi connectivity index (χ2v) is 6.94. The van der Waals surface area contributed by atoms with Crippen LogP contribution in [0.3, 0.4) is 0 Å². The van der Waals surface area contributed by atoms with Crippen molar-refractivity contribution in [2.24, 2.45) is 0 Å². The number of imidazole rings is 1. The number of hydrogen-bond donors (Lipinski definition) is 2. The van der Waals surface area contributed by atoms with E-state index in [9.17, 15) is 4.79 Å². The third-order valence-corrected chi connectivity index (χ3v) is 5.13. The van der Waals surface area contributed by atoms with Gasteiger partial charge in [0.15, 0.2) is 5.58 Å². The Morgan fingerprint density at radius 3 is 3.07 bits per heavy atom. The number of nitrogens with zero attached hydrogens (tertiary/aromatic N) is 3. The molecular formula is C20H21N5O2. The minimum atomic E-state index is -0.436. The van der Waals surface area contributed by atoms with Gasteiger partial charge in [0.2, 0.25) is 0 Å². The van der Waals surface area contributed by atoms with Gasteiger partial charge < -0.3 is 14.1 Å². The maximum absolute atomic E-state index is 11.5. The molecule has 27 heavy (non-hydrogen) atoms. The molecule has 0 radical (unpaired) electrons. The summed E-state index contributed by atoms with van der Waals surface area (Å²) in [5, 5.41) is 3.45. The van der Waals surface area contributed by atoms with Crippen molar-refractivity contribution in [3.05, 3.63) is 58.8 Å². The number of fused-ring (bicyclic) bond motifs is 2. The number of rotatable bonds is 3. The quantitative estimate of drug-likeness (QED) is 0.584. The molecule has 0 bridgehead atoms. The molecule has 1 aliphatic heterocycles. The molecule has 7 heteroatoms. The van der Waals surface area contributed by atoms with Gasteiger partial charge in [0.1, 0.15) is 5.65 Å². The Hall–Kier alpha value is -2.90. The summed E-state index contributed by atoms with van der Waals surface area (Å²) in [7, 11) is 0. The summed E-state index contributed by atoms with van der Waals surface area (Å²) >= 11 is 0. The summed E-state index contributed by atoms with van der Waals surface area (Å²) in [6, 6.07) is 11.8. The third-order valence-electron chi connectivity index (χ3n) is 5.13. The standard InChI is InChI=1S/C20H21N5O2/c26-20-22-15-6-5-14(12-17(15)27-20)19-16(13-24-9-3-7-21-8-11-24)25-10-2-1-4-18(25)23-19/h1-2,4-6,10,12,21H,3,7-9,11,13H2,(H,22,26). The van der Waals surface area contributed by atoms with Gasteiger partial charge in [0.05, 0.1) is 16.9 Å². The van der Waals surface area contributed by atoms with Gasteiger partial charge in [-0.05, 0) is 43.8 Å². The van der Waals surface area contributed by atoms with Crippen LogP contribution in [-0.2, 0) is 6.54 Å². The minimum absolute atomic E-state index is 0.436. The van der Waals surface area contributed by atoms with E-state index in [1.54, 1.807) is 0 Å². The first-order valence-corrected chi connectivity index (χ1v) is 9.30. The Balaban J connectivity index is 1.62. The number of hydrogen-bond acceptors (Lipinski definition) is 5. The highest BCUT2D eigenvalue weighted by molar-refractivity contribution is 5.80. The smallest absolute Gasteiger partial charge is 0.408 e. The highest BCUT2D eigenvalue weighted by Crippen LogP contribution is 2.28. The normalized spacial score (nSPS) is 16.1. The highest BCUT2D eigenvalue weighted by Gasteiger charge is 2.18. The maximum Gasteiger partial charge on any atom is 0.417 e. The zero-order chi connectivity index (χ0) is 18.2. The van der Waals surface area contributed by atoms with E-state index in [-0.39, 0.29) is 0 Å². The highest BCUT2D eigenvalue weighted by atomic mass is 16.4. The molecule has 0 unspecified atom stereocenters. The molecule has 1 fully saturated rings. The lowest BCUT2D eigenvalue weighted by Crippen LogP contribution is -2.28. The van der Waals surface area contributed by atoms with Crippen LogP contribution in [0, 0.1) is 0 Å². The first-order chi connectivity index (χ1) is 13.3. The van der Waals surface area contributed by atoms with E-state index < -0.39 is 5.76 Å². The molecule has 0 spiro atoms. The molecule has 1 aromatic carbocycles. The van der Waals surface area contributed by atoms with Crippen LogP contribution in [0.5, 0.6) is 0 Å². The molecule has 3 aromatic heterocycles. The zero-order valence-electron chi connectivity index (χ0n) is 14.9. The van der Waals surface area contributed by atoms with Crippen molar-refractivity contribution in [1.29, 1.82) is 0 Å². The molecule has 1 saturated heterocycles. The Kier molecular flexibility index (Phi) is 4.03. The molecular weight excluding hydrogens is 342 g/mol. The monoisotopic (exact) mass is 363 g/mol. The Morgan fingerprint density at radius 1 is 1.15 bits per heavy atom.